The van der Waals surface area contributed by atoms with E-state index in [1.54, 1.807) is 22.2 Å². The summed E-state index contributed by atoms with van der Waals surface area (Å²) in [4.78, 5) is 0.850. The molecule has 14 heavy (non-hydrogen) atoms. The molecule has 6 heteroatoms. The summed E-state index contributed by atoms with van der Waals surface area (Å²) in [7, 11) is 0. The molecule has 1 saturated carbocycles. The minimum atomic E-state index is 0.00327. The van der Waals surface area contributed by atoms with Crippen molar-refractivity contribution >= 4 is 16.3 Å². The van der Waals surface area contributed by atoms with Gasteiger partial charge in [-0.25, -0.2) is 0 Å². The standard InChI is InChI=1S/C8H11N5S/c9-8(2-1-3-8)4-6-12-13-5-10-11-7(13)14-6/h5H,1-4,9H2. The first-order chi connectivity index (χ1) is 6.75. The lowest BCUT2D eigenvalue weighted by atomic mass is 9.75. The van der Waals surface area contributed by atoms with Gasteiger partial charge in [0.25, 0.3) is 0 Å². The van der Waals surface area contributed by atoms with Gasteiger partial charge >= 0.3 is 0 Å². The highest BCUT2D eigenvalue weighted by atomic mass is 32.1. The van der Waals surface area contributed by atoms with Gasteiger partial charge in [-0.1, -0.05) is 11.3 Å². The number of nitrogens with two attached hydrogens (primary N) is 1. The van der Waals surface area contributed by atoms with E-state index in [0.29, 0.717) is 0 Å². The minimum absolute atomic E-state index is 0.00327. The van der Waals surface area contributed by atoms with Crippen molar-refractivity contribution in [2.75, 3.05) is 0 Å². The molecule has 2 N–H and O–H groups in total. The number of nitrogens with zero attached hydrogens (tertiary/aromatic N) is 4. The number of hydrogen-bond acceptors (Lipinski definition) is 5. The summed E-state index contributed by atoms with van der Waals surface area (Å²) >= 11 is 1.58. The van der Waals surface area contributed by atoms with Crippen molar-refractivity contribution in [3.8, 4) is 0 Å². The predicted octanol–water partition coefficient (Wildman–Crippen LogP) is 0.610. The molecular formula is C8H11N5S. The molecule has 0 atom stereocenters. The molecule has 74 valence electrons. The number of aromatic nitrogens is 4. The molecule has 0 unspecified atom stereocenters. The largest absolute Gasteiger partial charge is 0.325 e. The first kappa shape index (κ1) is 8.31. The van der Waals surface area contributed by atoms with Gasteiger partial charge in [-0.3, -0.25) is 0 Å². The molecule has 0 saturated heterocycles. The molecule has 5 nitrogen and oxygen atoms in total. The number of fused-ring (bicyclic) bond motifs is 1. The number of hydrogen-bond donors (Lipinski definition) is 1. The van der Waals surface area contributed by atoms with Crippen molar-refractivity contribution in [3.63, 3.8) is 0 Å². The van der Waals surface area contributed by atoms with E-state index in [9.17, 15) is 0 Å². The second-order valence-electron chi connectivity index (χ2n) is 3.95. The van der Waals surface area contributed by atoms with Crippen LogP contribution in [0, 0.1) is 0 Å². The average Bonchev–Trinajstić information content (AvgIpc) is 2.60. The predicted molar refractivity (Wildman–Crippen MR) is 53.1 cm³/mol. The summed E-state index contributed by atoms with van der Waals surface area (Å²) in [5.74, 6) is 0. The maximum Gasteiger partial charge on any atom is 0.234 e. The Bertz CT molecular complexity index is 426. The molecule has 1 aliphatic carbocycles. The maximum atomic E-state index is 6.15. The smallest absolute Gasteiger partial charge is 0.234 e. The van der Waals surface area contributed by atoms with Crippen LogP contribution in [0.5, 0.6) is 0 Å². The highest BCUT2D eigenvalue weighted by Crippen LogP contribution is 2.33. The summed E-state index contributed by atoms with van der Waals surface area (Å²) < 4.78 is 1.71. The Labute approximate surface area is 84.9 Å². The Hall–Kier alpha value is -1.01. The van der Waals surface area contributed by atoms with Crippen molar-refractivity contribution < 1.29 is 0 Å². The SMILES string of the molecule is NC1(Cc2nn3cnnc3s2)CCC1. The van der Waals surface area contributed by atoms with Crippen LogP contribution in [0.4, 0.5) is 0 Å². The first-order valence-electron chi connectivity index (χ1n) is 4.70. The summed E-state index contributed by atoms with van der Waals surface area (Å²) in [6.45, 7) is 0. The molecule has 0 amide bonds. The molecule has 1 aliphatic rings. The van der Waals surface area contributed by atoms with E-state index in [1.807, 2.05) is 0 Å². The third-order valence-electron chi connectivity index (χ3n) is 2.78. The molecule has 2 aromatic rings. The van der Waals surface area contributed by atoms with Crippen LogP contribution >= 0.6 is 11.3 Å². The molecule has 0 spiro atoms. The highest BCUT2D eigenvalue weighted by Gasteiger charge is 2.33. The van der Waals surface area contributed by atoms with Crippen LogP contribution in [-0.2, 0) is 6.42 Å². The second-order valence-corrected chi connectivity index (χ2v) is 4.99. The number of rotatable bonds is 2. The second kappa shape index (κ2) is 2.74. The summed E-state index contributed by atoms with van der Waals surface area (Å²) in [5.41, 5.74) is 6.15. The molecule has 0 aliphatic heterocycles. The zero-order valence-electron chi connectivity index (χ0n) is 7.68. The Morgan fingerprint density at radius 1 is 1.57 bits per heavy atom. The van der Waals surface area contributed by atoms with Crippen molar-refractivity contribution in [2.24, 2.45) is 5.73 Å². The van der Waals surface area contributed by atoms with Gasteiger partial charge in [0.05, 0.1) is 0 Å². The van der Waals surface area contributed by atoms with Gasteiger partial charge in [-0.2, -0.15) is 9.61 Å². The van der Waals surface area contributed by atoms with Gasteiger partial charge in [0.1, 0.15) is 11.3 Å². The zero-order valence-corrected chi connectivity index (χ0v) is 8.50. The van der Waals surface area contributed by atoms with Crippen molar-refractivity contribution in [3.05, 3.63) is 11.3 Å². The van der Waals surface area contributed by atoms with Crippen LogP contribution in [0.1, 0.15) is 24.3 Å². The molecule has 3 rings (SSSR count). The van der Waals surface area contributed by atoms with Crippen LogP contribution in [0.2, 0.25) is 0 Å². The average molecular weight is 209 g/mol. The van der Waals surface area contributed by atoms with Gasteiger partial charge in [0, 0.05) is 12.0 Å². The summed E-state index contributed by atoms with van der Waals surface area (Å²) in [5, 5.41) is 13.1. The lowest BCUT2D eigenvalue weighted by molar-refractivity contribution is 0.247. The van der Waals surface area contributed by atoms with Crippen LogP contribution in [-0.4, -0.2) is 25.4 Å². The van der Waals surface area contributed by atoms with E-state index < -0.39 is 0 Å². The van der Waals surface area contributed by atoms with Crippen LogP contribution in [0.25, 0.3) is 4.96 Å². The van der Waals surface area contributed by atoms with E-state index in [4.69, 9.17) is 5.73 Å². The van der Waals surface area contributed by atoms with E-state index in [-0.39, 0.29) is 5.54 Å². The first-order valence-corrected chi connectivity index (χ1v) is 5.51. The molecule has 2 aromatic heterocycles. The molecule has 2 heterocycles. The molecule has 1 fully saturated rings. The summed E-state index contributed by atoms with van der Waals surface area (Å²) in [6, 6.07) is 0. The minimum Gasteiger partial charge on any atom is -0.325 e. The lowest BCUT2D eigenvalue weighted by Crippen LogP contribution is -2.48. The molecule has 0 aromatic carbocycles. The Kier molecular flexibility index (Phi) is 1.63. The Morgan fingerprint density at radius 2 is 2.43 bits per heavy atom. The van der Waals surface area contributed by atoms with E-state index >= 15 is 0 Å². The van der Waals surface area contributed by atoms with Crippen LogP contribution < -0.4 is 5.73 Å². The maximum absolute atomic E-state index is 6.15. The normalized spacial score (nSPS) is 19.8. The van der Waals surface area contributed by atoms with E-state index in [0.717, 1.165) is 29.2 Å². The van der Waals surface area contributed by atoms with Gasteiger partial charge in [-0.15, -0.1) is 10.2 Å². The quantitative estimate of drug-likeness (QED) is 0.786. The van der Waals surface area contributed by atoms with Crippen LogP contribution in [0.3, 0.4) is 0 Å². The van der Waals surface area contributed by atoms with Crippen molar-refractivity contribution in [2.45, 2.75) is 31.2 Å². The van der Waals surface area contributed by atoms with Crippen molar-refractivity contribution in [1.29, 1.82) is 0 Å². The van der Waals surface area contributed by atoms with Gasteiger partial charge in [-0.05, 0) is 19.3 Å². The lowest BCUT2D eigenvalue weighted by Gasteiger charge is -2.37. The Balaban J connectivity index is 1.88. The van der Waals surface area contributed by atoms with Crippen molar-refractivity contribution in [1.82, 2.24) is 19.8 Å². The third-order valence-corrected chi connectivity index (χ3v) is 3.69. The van der Waals surface area contributed by atoms with E-state index in [2.05, 4.69) is 15.3 Å². The molecule has 0 bridgehead atoms. The molecular weight excluding hydrogens is 198 g/mol. The topological polar surface area (TPSA) is 69.1 Å². The van der Waals surface area contributed by atoms with Crippen LogP contribution in [0.15, 0.2) is 6.33 Å². The fourth-order valence-corrected chi connectivity index (χ4v) is 2.75. The summed E-state index contributed by atoms with van der Waals surface area (Å²) in [6.07, 6.45) is 5.99. The third kappa shape index (κ3) is 1.22. The monoisotopic (exact) mass is 209 g/mol. The molecule has 0 radical (unpaired) electrons. The zero-order chi connectivity index (χ0) is 9.60. The fourth-order valence-electron chi connectivity index (χ4n) is 1.78. The van der Waals surface area contributed by atoms with Gasteiger partial charge < -0.3 is 5.73 Å². The Morgan fingerprint density at radius 3 is 3.07 bits per heavy atom. The highest BCUT2D eigenvalue weighted by molar-refractivity contribution is 7.16. The van der Waals surface area contributed by atoms with Gasteiger partial charge in [0.2, 0.25) is 4.96 Å². The fraction of sp³-hybridized carbons (Fsp3) is 0.625. The van der Waals surface area contributed by atoms with E-state index in [1.165, 1.54) is 6.42 Å². The van der Waals surface area contributed by atoms with Gasteiger partial charge in [0.15, 0.2) is 0 Å².